The topological polar surface area (TPSA) is 60.0 Å². The number of likely N-dealkylation sites (tertiary alicyclic amines) is 1. The van der Waals surface area contributed by atoms with Crippen LogP contribution in [-0.4, -0.2) is 56.3 Å². The van der Waals surface area contributed by atoms with E-state index in [1.165, 1.54) is 11.1 Å². The van der Waals surface area contributed by atoms with Gasteiger partial charge in [0, 0.05) is 17.0 Å². The van der Waals surface area contributed by atoms with Crippen LogP contribution in [0, 0.1) is 12.8 Å². The Morgan fingerprint density at radius 3 is 2.93 bits per heavy atom. The fourth-order valence-corrected chi connectivity index (χ4v) is 6.23. The van der Waals surface area contributed by atoms with Gasteiger partial charge in [0.25, 0.3) is 0 Å². The lowest BCUT2D eigenvalue weighted by atomic mass is 9.57. The minimum absolute atomic E-state index is 0.184. The van der Waals surface area contributed by atoms with Gasteiger partial charge >= 0.3 is 5.97 Å². The molecule has 5 rings (SSSR count). The number of ether oxygens (including phenoxy) is 3. The van der Waals surface area contributed by atoms with E-state index in [9.17, 15) is 4.79 Å². The Morgan fingerprint density at radius 1 is 1.37 bits per heavy atom. The fourth-order valence-electron chi connectivity index (χ4n) is 6.23. The molecule has 1 unspecified atom stereocenters. The van der Waals surface area contributed by atoms with Crippen LogP contribution < -0.4 is 14.8 Å². The highest BCUT2D eigenvalue weighted by Crippen LogP contribution is 2.61. The van der Waals surface area contributed by atoms with Gasteiger partial charge in [0.2, 0.25) is 0 Å². The van der Waals surface area contributed by atoms with Crippen molar-refractivity contribution in [2.75, 3.05) is 27.2 Å². The summed E-state index contributed by atoms with van der Waals surface area (Å²) in [5.41, 5.74) is 2.27. The van der Waals surface area contributed by atoms with Gasteiger partial charge < -0.3 is 24.4 Å². The van der Waals surface area contributed by atoms with Gasteiger partial charge in [-0.25, -0.2) is 4.79 Å². The highest BCUT2D eigenvalue weighted by Gasteiger charge is 2.62. The summed E-state index contributed by atoms with van der Waals surface area (Å²) < 4.78 is 18.3. The van der Waals surface area contributed by atoms with Crippen molar-refractivity contribution in [3.05, 3.63) is 35.1 Å². The van der Waals surface area contributed by atoms with Crippen LogP contribution in [0.25, 0.3) is 0 Å². The summed E-state index contributed by atoms with van der Waals surface area (Å²) in [4.78, 5) is 15.3. The molecule has 3 aliphatic heterocycles. The Hall–Kier alpha value is -2.05. The normalized spacial score (nSPS) is 35.0. The summed E-state index contributed by atoms with van der Waals surface area (Å²) in [6, 6.07) is 4.31. The first-order valence-corrected chi connectivity index (χ1v) is 11.2. The molecule has 3 heterocycles. The molecule has 1 aliphatic carbocycles. The van der Waals surface area contributed by atoms with Crippen molar-refractivity contribution >= 4 is 5.97 Å². The number of fused-ring (bicyclic) bond motifs is 1. The maximum Gasteiger partial charge on any atom is 0.328 e. The third kappa shape index (κ3) is 2.73. The molecule has 2 fully saturated rings. The number of carbonyl (C=O) groups excluding carboxylic acids is 1. The molecule has 1 aromatic carbocycles. The number of methoxy groups -OCH3 is 1. The van der Waals surface area contributed by atoms with E-state index in [2.05, 4.69) is 43.3 Å². The van der Waals surface area contributed by atoms with Crippen molar-refractivity contribution in [2.24, 2.45) is 5.92 Å². The zero-order valence-corrected chi connectivity index (χ0v) is 18.4. The fraction of sp³-hybridized carbons (Fsp3) is 0.625. The highest BCUT2D eigenvalue weighted by atomic mass is 16.6. The molecule has 0 saturated carbocycles. The average Bonchev–Trinajstić information content (AvgIpc) is 3.39. The van der Waals surface area contributed by atoms with Crippen LogP contribution in [0.15, 0.2) is 24.0 Å². The zero-order chi connectivity index (χ0) is 21.0. The van der Waals surface area contributed by atoms with Crippen molar-refractivity contribution in [1.82, 2.24) is 10.2 Å². The molecular formula is C24H32N2O4. The zero-order valence-electron chi connectivity index (χ0n) is 18.4. The first-order chi connectivity index (χ1) is 14.5. The van der Waals surface area contributed by atoms with Gasteiger partial charge in [-0.2, -0.15) is 0 Å². The van der Waals surface area contributed by atoms with Gasteiger partial charge in [0.05, 0.1) is 7.11 Å². The number of nitrogens with zero attached hydrogens (tertiary/aromatic N) is 1. The maximum atomic E-state index is 12.8. The first-order valence-electron chi connectivity index (χ1n) is 11.2. The van der Waals surface area contributed by atoms with Crippen molar-refractivity contribution < 1.29 is 19.0 Å². The Balaban J connectivity index is 1.59. The molecule has 2 saturated heterocycles. The second-order valence-electron chi connectivity index (χ2n) is 9.32. The monoisotopic (exact) mass is 412 g/mol. The molecule has 4 aliphatic rings. The van der Waals surface area contributed by atoms with Crippen LogP contribution in [0.1, 0.15) is 43.7 Å². The first kappa shape index (κ1) is 19.9. The number of carbonyl (C=O) groups is 1. The largest absolute Gasteiger partial charge is 0.493 e. The van der Waals surface area contributed by atoms with Crippen LogP contribution in [-0.2, 0) is 14.9 Å². The number of hydrogen-bond donors (Lipinski definition) is 1. The van der Waals surface area contributed by atoms with E-state index in [1.807, 2.05) is 6.07 Å². The third-order valence-corrected chi connectivity index (χ3v) is 7.93. The van der Waals surface area contributed by atoms with Crippen LogP contribution >= 0.6 is 0 Å². The number of piperidine rings is 1. The van der Waals surface area contributed by atoms with Gasteiger partial charge in [-0.05, 0) is 83.3 Å². The number of esters is 1. The van der Waals surface area contributed by atoms with E-state index >= 15 is 0 Å². The molecule has 1 spiro atoms. The predicted molar refractivity (Wildman–Crippen MR) is 114 cm³/mol. The van der Waals surface area contributed by atoms with E-state index in [4.69, 9.17) is 14.2 Å². The lowest BCUT2D eigenvalue weighted by Gasteiger charge is -2.53. The minimum Gasteiger partial charge on any atom is -0.493 e. The number of rotatable bonds is 3. The molecule has 1 N–H and O–H groups in total. The molecular weight excluding hydrogens is 380 g/mol. The molecule has 1 aromatic rings. The van der Waals surface area contributed by atoms with Gasteiger partial charge in [0.1, 0.15) is 11.8 Å². The van der Waals surface area contributed by atoms with Gasteiger partial charge in [-0.15, -0.1) is 0 Å². The lowest BCUT2D eigenvalue weighted by molar-refractivity contribution is -0.144. The summed E-state index contributed by atoms with van der Waals surface area (Å²) in [6.07, 6.45) is 5.51. The van der Waals surface area contributed by atoms with E-state index in [1.54, 1.807) is 7.11 Å². The van der Waals surface area contributed by atoms with Crippen LogP contribution in [0.5, 0.6) is 11.5 Å². The Kier molecular flexibility index (Phi) is 4.82. The molecule has 0 bridgehead atoms. The quantitative estimate of drug-likeness (QED) is 0.771. The molecule has 6 heteroatoms. The van der Waals surface area contributed by atoms with Crippen molar-refractivity contribution in [1.29, 1.82) is 0 Å². The Morgan fingerprint density at radius 2 is 2.20 bits per heavy atom. The number of hydrogen-bond acceptors (Lipinski definition) is 6. The third-order valence-electron chi connectivity index (χ3n) is 7.93. The summed E-state index contributed by atoms with van der Waals surface area (Å²) in [5.74, 6) is 2.47. The summed E-state index contributed by atoms with van der Waals surface area (Å²) in [6.45, 7) is 6.32. The Bertz CT molecular complexity index is 891. The van der Waals surface area contributed by atoms with E-state index in [-0.39, 0.29) is 23.5 Å². The van der Waals surface area contributed by atoms with Crippen LogP contribution in [0.3, 0.4) is 0 Å². The predicted octanol–water partition coefficient (Wildman–Crippen LogP) is 2.93. The number of allylic oxidation sites excluding steroid dienone is 1. The molecule has 6 nitrogen and oxygen atoms in total. The summed E-state index contributed by atoms with van der Waals surface area (Å²) in [7, 11) is 3.89. The number of benzene rings is 1. The highest BCUT2D eigenvalue weighted by molar-refractivity contribution is 5.77. The molecule has 0 radical (unpaired) electrons. The van der Waals surface area contributed by atoms with Crippen LogP contribution in [0.4, 0.5) is 0 Å². The van der Waals surface area contributed by atoms with Crippen molar-refractivity contribution in [2.45, 2.75) is 63.1 Å². The summed E-state index contributed by atoms with van der Waals surface area (Å²) >= 11 is 0. The smallest absolute Gasteiger partial charge is 0.328 e. The molecule has 162 valence electrons. The van der Waals surface area contributed by atoms with Gasteiger partial charge in [-0.3, -0.25) is 0 Å². The summed E-state index contributed by atoms with van der Waals surface area (Å²) in [5, 5.41) is 3.25. The minimum atomic E-state index is -0.289. The van der Waals surface area contributed by atoms with E-state index < -0.39 is 0 Å². The van der Waals surface area contributed by atoms with E-state index in [0.29, 0.717) is 17.7 Å². The molecule has 5 atom stereocenters. The number of nitrogens with one attached hydrogen (secondary N) is 1. The SMILES string of the molecule is COc1ccc(C)c2c1O[C@H]1C(OC(=O)C3CCCN3)=CC[C@H]3[C@@H](C)N(C)CC[C@]213. The maximum absolute atomic E-state index is 12.8. The molecule has 0 amide bonds. The second-order valence-corrected chi connectivity index (χ2v) is 9.32. The van der Waals surface area contributed by atoms with Gasteiger partial charge in [-0.1, -0.05) is 6.07 Å². The molecule has 0 aromatic heterocycles. The number of aryl methyl sites for hydroxylation is 1. The Labute approximate surface area is 178 Å². The van der Waals surface area contributed by atoms with Gasteiger partial charge in [0.15, 0.2) is 17.6 Å². The lowest BCUT2D eigenvalue weighted by Crippen LogP contribution is -2.60. The van der Waals surface area contributed by atoms with Crippen molar-refractivity contribution in [3.63, 3.8) is 0 Å². The van der Waals surface area contributed by atoms with Crippen LogP contribution in [0.2, 0.25) is 0 Å². The van der Waals surface area contributed by atoms with Crippen molar-refractivity contribution in [3.8, 4) is 11.5 Å². The standard InChI is InChI=1S/C24H32N2O4/c1-14-7-9-18(28-4)21-20(14)24-11-13-26(3)15(2)16(24)8-10-19(22(24)30-21)29-23(27)17-6-5-12-25-17/h7,9-10,15-17,22,25H,5-6,8,11-13H2,1-4H3/t15-,16+,17?,22+,24+/m1/s1. The average molecular weight is 413 g/mol. The second kappa shape index (κ2) is 7.27. The van der Waals surface area contributed by atoms with E-state index in [0.717, 1.165) is 50.3 Å². The molecule has 30 heavy (non-hydrogen) atoms.